The molecule has 0 aromatic carbocycles. The molecule has 0 radical (unpaired) electrons. The van der Waals surface area contributed by atoms with Crippen LogP contribution in [0.15, 0.2) is 6.33 Å². The van der Waals surface area contributed by atoms with Crippen LogP contribution in [0.25, 0.3) is 0 Å². The first-order valence-corrected chi connectivity index (χ1v) is 4.78. The summed E-state index contributed by atoms with van der Waals surface area (Å²) in [5.41, 5.74) is 1.63. The zero-order valence-electron chi connectivity index (χ0n) is 6.81. The van der Waals surface area contributed by atoms with Gasteiger partial charge in [-0.05, 0) is 13.8 Å². The van der Waals surface area contributed by atoms with Gasteiger partial charge in [0.25, 0.3) is 0 Å². The molecule has 0 aliphatic carbocycles. The molecule has 12 heavy (non-hydrogen) atoms. The number of rotatable bonds is 2. The van der Waals surface area contributed by atoms with E-state index in [1.807, 2.05) is 13.8 Å². The van der Waals surface area contributed by atoms with Crippen LogP contribution >= 0.6 is 27.5 Å². The highest BCUT2D eigenvalue weighted by molar-refractivity contribution is 9.09. The Kier molecular flexibility index (Phi) is 3.29. The Morgan fingerprint density at radius 2 is 2.25 bits per heavy atom. The van der Waals surface area contributed by atoms with Gasteiger partial charge in [0.05, 0.1) is 16.3 Å². The fraction of sp³-hybridized carbons (Fsp3) is 0.429. The van der Waals surface area contributed by atoms with Crippen LogP contribution in [0.5, 0.6) is 0 Å². The summed E-state index contributed by atoms with van der Waals surface area (Å²) in [5, 5.41) is 3.55. The minimum atomic E-state index is 0.152. The lowest BCUT2D eigenvalue weighted by Crippen LogP contribution is -2.09. The normalized spacial score (nSPS) is 12.7. The van der Waals surface area contributed by atoms with Crippen LogP contribution in [-0.4, -0.2) is 14.9 Å². The molecule has 1 aromatic heterocycles. The molecule has 3 nitrogen and oxygen atoms in total. The average Bonchev–Trinajstić information content (AvgIpc) is 1.97. The first kappa shape index (κ1) is 9.74. The van der Waals surface area contributed by atoms with Crippen LogP contribution in [0.4, 0.5) is 5.69 Å². The van der Waals surface area contributed by atoms with Crippen molar-refractivity contribution in [2.75, 3.05) is 5.32 Å². The van der Waals surface area contributed by atoms with E-state index >= 15 is 0 Å². The average molecular weight is 251 g/mol. The summed E-state index contributed by atoms with van der Waals surface area (Å²) in [6.45, 7) is 3.84. The van der Waals surface area contributed by atoms with Crippen molar-refractivity contribution < 1.29 is 0 Å². The topological polar surface area (TPSA) is 37.8 Å². The summed E-state index contributed by atoms with van der Waals surface area (Å²) in [6, 6.07) is 0. The first-order chi connectivity index (χ1) is 5.61. The second-order valence-electron chi connectivity index (χ2n) is 2.39. The second kappa shape index (κ2) is 4.05. The third-order valence-electron chi connectivity index (χ3n) is 1.33. The highest BCUT2D eigenvalue weighted by atomic mass is 79.9. The van der Waals surface area contributed by atoms with Crippen LogP contribution in [0.2, 0.25) is 5.15 Å². The van der Waals surface area contributed by atoms with Crippen molar-refractivity contribution in [3.8, 4) is 0 Å². The van der Waals surface area contributed by atoms with Crippen LogP contribution < -0.4 is 5.32 Å². The smallest absolute Gasteiger partial charge is 0.155 e. The number of aryl methyl sites for hydroxylation is 1. The van der Waals surface area contributed by atoms with Crippen molar-refractivity contribution in [3.05, 3.63) is 17.2 Å². The Labute approximate surface area is 84.7 Å². The van der Waals surface area contributed by atoms with Crippen molar-refractivity contribution in [1.82, 2.24) is 9.97 Å². The fourth-order valence-electron chi connectivity index (χ4n) is 0.807. The zero-order chi connectivity index (χ0) is 9.14. The van der Waals surface area contributed by atoms with Gasteiger partial charge in [-0.15, -0.1) is 0 Å². The van der Waals surface area contributed by atoms with Crippen molar-refractivity contribution in [3.63, 3.8) is 0 Å². The highest BCUT2D eigenvalue weighted by Crippen LogP contribution is 2.22. The maximum absolute atomic E-state index is 5.84. The van der Waals surface area contributed by atoms with E-state index in [9.17, 15) is 0 Å². The number of nitrogens with zero attached hydrogens (tertiary/aromatic N) is 2. The number of hydrogen-bond acceptors (Lipinski definition) is 3. The van der Waals surface area contributed by atoms with Gasteiger partial charge < -0.3 is 5.32 Å². The van der Waals surface area contributed by atoms with Crippen molar-refractivity contribution in [2.45, 2.75) is 18.8 Å². The predicted molar refractivity (Wildman–Crippen MR) is 53.8 cm³/mol. The Bertz CT molecular complexity index is 257. The largest absolute Gasteiger partial charge is 0.369 e. The molecule has 0 spiro atoms. The zero-order valence-corrected chi connectivity index (χ0v) is 9.15. The van der Waals surface area contributed by atoms with Gasteiger partial charge in [0.2, 0.25) is 0 Å². The lowest BCUT2D eigenvalue weighted by Gasteiger charge is -2.10. The molecule has 1 atom stereocenters. The maximum Gasteiger partial charge on any atom is 0.155 e. The van der Waals surface area contributed by atoms with Gasteiger partial charge in [-0.25, -0.2) is 9.97 Å². The Morgan fingerprint density at radius 1 is 1.58 bits per heavy atom. The Hall–Kier alpha value is -0.350. The van der Waals surface area contributed by atoms with E-state index in [0.717, 1.165) is 11.4 Å². The molecule has 0 amide bonds. The lowest BCUT2D eigenvalue weighted by molar-refractivity contribution is 1.06. The van der Waals surface area contributed by atoms with Crippen LogP contribution in [0.1, 0.15) is 12.6 Å². The van der Waals surface area contributed by atoms with Crippen LogP contribution in [0, 0.1) is 6.92 Å². The third kappa shape index (κ3) is 2.32. The third-order valence-corrected chi connectivity index (χ3v) is 1.85. The molecule has 0 aliphatic heterocycles. The summed E-state index contributed by atoms with van der Waals surface area (Å²) < 4.78 is 0. The van der Waals surface area contributed by atoms with E-state index in [1.54, 1.807) is 0 Å². The fourth-order valence-corrected chi connectivity index (χ4v) is 1.27. The number of alkyl halides is 1. The number of nitrogens with one attached hydrogen (secondary N) is 1. The number of hydrogen-bond donors (Lipinski definition) is 1. The summed E-state index contributed by atoms with van der Waals surface area (Å²) in [4.78, 5) is 8.03. The number of anilines is 1. The van der Waals surface area contributed by atoms with Crippen molar-refractivity contribution in [1.29, 1.82) is 0 Å². The van der Waals surface area contributed by atoms with Gasteiger partial charge in [-0.2, -0.15) is 0 Å². The van der Waals surface area contributed by atoms with Gasteiger partial charge in [0.15, 0.2) is 5.15 Å². The van der Waals surface area contributed by atoms with E-state index in [4.69, 9.17) is 11.6 Å². The van der Waals surface area contributed by atoms with Gasteiger partial charge in [-0.3, -0.25) is 0 Å². The number of halogens is 2. The monoisotopic (exact) mass is 249 g/mol. The van der Waals surface area contributed by atoms with E-state index < -0.39 is 0 Å². The molecule has 1 N–H and O–H groups in total. The highest BCUT2D eigenvalue weighted by Gasteiger charge is 2.06. The minimum absolute atomic E-state index is 0.152. The molecule has 66 valence electrons. The molecular weight excluding hydrogens is 241 g/mol. The summed E-state index contributed by atoms with van der Waals surface area (Å²) >= 11 is 9.19. The molecule has 1 rings (SSSR count). The lowest BCUT2D eigenvalue weighted by atomic mass is 10.4. The predicted octanol–water partition coefficient (Wildman–Crippen LogP) is 2.59. The second-order valence-corrected chi connectivity index (χ2v) is 4.12. The van der Waals surface area contributed by atoms with Crippen LogP contribution in [0.3, 0.4) is 0 Å². The molecule has 5 heteroatoms. The molecule has 0 bridgehead atoms. The maximum atomic E-state index is 5.84. The quantitative estimate of drug-likeness (QED) is 0.498. The molecule has 0 saturated carbocycles. The molecule has 0 fully saturated rings. The summed E-state index contributed by atoms with van der Waals surface area (Å²) in [5.74, 6) is 0. The molecule has 0 aliphatic rings. The van der Waals surface area contributed by atoms with Gasteiger partial charge in [-0.1, -0.05) is 27.5 Å². The molecule has 1 aromatic rings. The molecule has 1 heterocycles. The molecule has 0 saturated heterocycles. The van der Waals surface area contributed by atoms with E-state index in [1.165, 1.54) is 6.33 Å². The van der Waals surface area contributed by atoms with Crippen molar-refractivity contribution in [2.24, 2.45) is 0 Å². The van der Waals surface area contributed by atoms with E-state index in [-0.39, 0.29) is 4.95 Å². The first-order valence-electron chi connectivity index (χ1n) is 3.49. The van der Waals surface area contributed by atoms with Gasteiger partial charge in [0.1, 0.15) is 6.33 Å². The summed E-state index contributed by atoms with van der Waals surface area (Å²) in [7, 11) is 0. The van der Waals surface area contributed by atoms with Gasteiger partial charge in [0, 0.05) is 0 Å². The van der Waals surface area contributed by atoms with E-state index in [0.29, 0.717) is 5.15 Å². The minimum Gasteiger partial charge on any atom is -0.369 e. The molecular formula is C7H9BrClN3. The van der Waals surface area contributed by atoms with Gasteiger partial charge >= 0.3 is 0 Å². The SMILES string of the molecule is Cc1ncnc(Cl)c1NC(C)Br. The Balaban J connectivity index is 2.96. The van der Waals surface area contributed by atoms with Crippen molar-refractivity contribution >= 4 is 33.2 Å². The number of aromatic nitrogens is 2. The Morgan fingerprint density at radius 3 is 2.75 bits per heavy atom. The molecule has 1 unspecified atom stereocenters. The van der Waals surface area contributed by atoms with Crippen LogP contribution in [-0.2, 0) is 0 Å². The van der Waals surface area contributed by atoms with E-state index in [2.05, 4.69) is 31.2 Å². The summed E-state index contributed by atoms with van der Waals surface area (Å²) in [6.07, 6.45) is 1.45. The standard InChI is InChI=1S/C7H9BrClN3/c1-4-6(12-5(2)8)7(9)11-3-10-4/h3,5,12H,1-2H3.